The van der Waals surface area contributed by atoms with Crippen LogP contribution in [0.15, 0.2) is 84.9 Å². The first-order valence-electron chi connectivity index (χ1n) is 14.8. The van der Waals surface area contributed by atoms with Crippen LogP contribution >= 0.6 is 0 Å². The van der Waals surface area contributed by atoms with Gasteiger partial charge in [0.25, 0.3) is 0 Å². The van der Waals surface area contributed by atoms with Crippen molar-refractivity contribution in [1.82, 2.24) is 4.90 Å². The SMILES string of the molecule is Cc1cccc(COc2ccccc2CN(CC[C@H](N)C(=O)O)Cc2cc3c(cc2OCc2cccc(C)c2)CCO3)c1. The highest BCUT2D eigenvalue weighted by Crippen LogP contribution is 2.35. The Bertz CT molecular complexity index is 1550. The molecular weight excluding hydrogens is 540 g/mol. The van der Waals surface area contributed by atoms with Crippen LogP contribution in [-0.4, -0.2) is 35.2 Å². The number of hydrogen-bond acceptors (Lipinski definition) is 6. The molecule has 4 aromatic rings. The van der Waals surface area contributed by atoms with Gasteiger partial charge >= 0.3 is 5.97 Å². The average molecular weight is 581 g/mol. The predicted molar refractivity (Wildman–Crippen MR) is 167 cm³/mol. The number of aryl methyl sites for hydroxylation is 2. The largest absolute Gasteiger partial charge is 0.493 e. The number of aliphatic carboxylic acids is 1. The van der Waals surface area contributed by atoms with E-state index in [9.17, 15) is 9.90 Å². The van der Waals surface area contributed by atoms with Crippen molar-refractivity contribution in [3.05, 3.63) is 124 Å². The number of para-hydroxylation sites is 1. The number of hydrogen-bond donors (Lipinski definition) is 2. The van der Waals surface area contributed by atoms with Crippen LogP contribution in [0.1, 0.15) is 45.4 Å². The molecule has 4 aromatic carbocycles. The van der Waals surface area contributed by atoms with Gasteiger partial charge in [-0.1, -0.05) is 77.9 Å². The Morgan fingerprint density at radius 3 is 2.19 bits per heavy atom. The van der Waals surface area contributed by atoms with Crippen LogP contribution in [0.5, 0.6) is 17.2 Å². The first-order chi connectivity index (χ1) is 20.8. The molecule has 1 aliphatic rings. The highest BCUT2D eigenvalue weighted by molar-refractivity contribution is 5.73. The molecule has 1 aliphatic heterocycles. The van der Waals surface area contributed by atoms with E-state index in [1.807, 2.05) is 30.3 Å². The quantitative estimate of drug-likeness (QED) is 0.183. The number of nitrogens with two attached hydrogens (primary N) is 1. The summed E-state index contributed by atoms with van der Waals surface area (Å²) in [6.45, 7) is 7.26. The molecule has 0 unspecified atom stereocenters. The van der Waals surface area contributed by atoms with Gasteiger partial charge in [-0.15, -0.1) is 0 Å². The lowest BCUT2D eigenvalue weighted by atomic mass is 10.1. The lowest BCUT2D eigenvalue weighted by molar-refractivity contribution is -0.138. The highest BCUT2D eigenvalue weighted by atomic mass is 16.5. The molecule has 0 radical (unpaired) electrons. The van der Waals surface area contributed by atoms with Gasteiger partial charge in [0.15, 0.2) is 0 Å². The second kappa shape index (κ2) is 14.2. The molecule has 7 nitrogen and oxygen atoms in total. The van der Waals surface area contributed by atoms with E-state index in [1.165, 1.54) is 11.1 Å². The lowest BCUT2D eigenvalue weighted by Gasteiger charge is -2.26. The molecular formula is C36H40N2O5. The van der Waals surface area contributed by atoms with E-state index in [-0.39, 0.29) is 0 Å². The fraction of sp³-hybridized carbons (Fsp3) is 0.306. The fourth-order valence-electron chi connectivity index (χ4n) is 5.34. The van der Waals surface area contributed by atoms with Crippen LogP contribution in [0.2, 0.25) is 0 Å². The van der Waals surface area contributed by atoms with Crippen molar-refractivity contribution < 1.29 is 24.1 Å². The van der Waals surface area contributed by atoms with E-state index in [0.29, 0.717) is 45.9 Å². The van der Waals surface area contributed by atoms with Gasteiger partial charge in [0.1, 0.15) is 36.5 Å². The summed E-state index contributed by atoms with van der Waals surface area (Å²) in [4.78, 5) is 13.8. The van der Waals surface area contributed by atoms with E-state index in [2.05, 4.69) is 73.3 Å². The third-order valence-corrected chi connectivity index (χ3v) is 7.66. The second-order valence-electron chi connectivity index (χ2n) is 11.3. The van der Waals surface area contributed by atoms with Gasteiger partial charge in [-0.2, -0.15) is 0 Å². The summed E-state index contributed by atoms with van der Waals surface area (Å²) in [6, 6.07) is 27.8. The third-order valence-electron chi connectivity index (χ3n) is 7.66. The molecule has 0 fully saturated rings. The molecule has 7 heteroatoms. The van der Waals surface area contributed by atoms with Gasteiger partial charge < -0.3 is 25.1 Å². The molecule has 0 saturated heterocycles. The molecule has 0 amide bonds. The monoisotopic (exact) mass is 580 g/mol. The van der Waals surface area contributed by atoms with Crippen LogP contribution in [0, 0.1) is 13.8 Å². The Balaban J connectivity index is 1.38. The van der Waals surface area contributed by atoms with E-state index in [4.69, 9.17) is 19.9 Å². The number of fused-ring (bicyclic) bond motifs is 1. The predicted octanol–water partition coefficient (Wildman–Crippen LogP) is 6.20. The van der Waals surface area contributed by atoms with Crippen molar-refractivity contribution in [2.45, 2.75) is 59.0 Å². The number of nitrogens with zero attached hydrogens (tertiary/aromatic N) is 1. The summed E-state index contributed by atoms with van der Waals surface area (Å²) < 4.78 is 18.6. The van der Waals surface area contributed by atoms with Gasteiger partial charge in [-0.25, -0.2) is 0 Å². The number of carbonyl (C=O) groups is 1. The maximum absolute atomic E-state index is 11.6. The number of benzene rings is 4. The molecule has 1 atom stereocenters. The van der Waals surface area contributed by atoms with Gasteiger partial charge in [-0.3, -0.25) is 9.69 Å². The van der Waals surface area contributed by atoms with Gasteiger partial charge in [0.2, 0.25) is 0 Å². The van der Waals surface area contributed by atoms with Gasteiger partial charge in [0.05, 0.1) is 6.61 Å². The highest BCUT2D eigenvalue weighted by Gasteiger charge is 2.21. The number of ether oxygens (including phenoxy) is 3. The average Bonchev–Trinajstić information content (AvgIpc) is 3.45. The van der Waals surface area contributed by atoms with Crippen molar-refractivity contribution in [3.63, 3.8) is 0 Å². The smallest absolute Gasteiger partial charge is 0.320 e. The minimum Gasteiger partial charge on any atom is -0.493 e. The summed E-state index contributed by atoms with van der Waals surface area (Å²) in [6.07, 6.45) is 1.15. The maximum Gasteiger partial charge on any atom is 0.320 e. The summed E-state index contributed by atoms with van der Waals surface area (Å²) in [5, 5.41) is 9.46. The van der Waals surface area contributed by atoms with E-state index >= 15 is 0 Å². The first-order valence-corrected chi connectivity index (χ1v) is 14.8. The van der Waals surface area contributed by atoms with E-state index in [0.717, 1.165) is 51.5 Å². The zero-order valence-corrected chi connectivity index (χ0v) is 24.9. The van der Waals surface area contributed by atoms with Crippen molar-refractivity contribution in [1.29, 1.82) is 0 Å². The summed E-state index contributed by atoms with van der Waals surface area (Å²) in [7, 11) is 0. The minimum atomic E-state index is -1.00. The topological polar surface area (TPSA) is 94.3 Å². The number of carboxylic acid groups (broad SMARTS) is 1. The Hall–Kier alpha value is -4.33. The summed E-state index contributed by atoms with van der Waals surface area (Å²) in [5.74, 6) is 1.48. The molecule has 224 valence electrons. The Labute approximate surface area is 253 Å². The fourth-order valence-corrected chi connectivity index (χ4v) is 5.34. The van der Waals surface area contributed by atoms with Crippen LogP contribution in [-0.2, 0) is 37.5 Å². The Morgan fingerprint density at radius 2 is 1.51 bits per heavy atom. The molecule has 3 N–H and O–H groups in total. The molecule has 0 aromatic heterocycles. The van der Waals surface area contributed by atoms with Crippen molar-refractivity contribution in [3.8, 4) is 17.2 Å². The molecule has 0 spiro atoms. The Morgan fingerprint density at radius 1 is 0.860 bits per heavy atom. The third kappa shape index (κ3) is 8.37. The minimum absolute atomic E-state index is 0.308. The zero-order chi connectivity index (χ0) is 30.2. The lowest BCUT2D eigenvalue weighted by Crippen LogP contribution is -2.35. The van der Waals surface area contributed by atoms with E-state index < -0.39 is 12.0 Å². The molecule has 0 saturated carbocycles. The van der Waals surface area contributed by atoms with Crippen molar-refractivity contribution in [2.24, 2.45) is 5.73 Å². The van der Waals surface area contributed by atoms with E-state index in [1.54, 1.807) is 0 Å². The number of rotatable bonds is 14. The molecule has 5 rings (SSSR count). The molecule has 0 aliphatic carbocycles. The number of carboxylic acids is 1. The normalized spacial score (nSPS) is 12.9. The second-order valence-corrected chi connectivity index (χ2v) is 11.3. The zero-order valence-electron chi connectivity index (χ0n) is 24.9. The van der Waals surface area contributed by atoms with Crippen LogP contribution < -0.4 is 19.9 Å². The van der Waals surface area contributed by atoms with Crippen LogP contribution in [0.25, 0.3) is 0 Å². The Kier molecular flexibility index (Phi) is 9.97. The van der Waals surface area contributed by atoms with Crippen LogP contribution in [0.4, 0.5) is 0 Å². The molecule has 1 heterocycles. The standard InChI is InChI=1S/C36H40N2O5/c1-25-7-5-9-27(17-25)23-42-33-12-4-3-11-30(33)21-38(15-13-32(37)36(39)40)22-31-20-34-29(14-16-41-34)19-35(31)43-24-28-10-6-8-26(2)18-28/h3-12,17-20,32H,13-16,21-24,37H2,1-2H3,(H,39,40)/t32-/m0/s1. The molecule has 43 heavy (non-hydrogen) atoms. The van der Waals surface area contributed by atoms with Gasteiger partial charge in [-0.05, 0) is 49.6 Å². The van der Waals surface area contributed by atoms with Crippen molar-refractivity contribution in [2.75, 3.05) is 13.2 Å². The van der Waals surface area contributed by atoms with Gasteiger partial charge in [0, 0.05) is 42.7 Å². The molecule has 0 bridgehead atoms. The van der Waals surface area contributed by atoms with Crippen LogP contribution in [0.3, 0.4) is 0 Å². The maximum atomic E-state index is 11.6. The van der Waals surface area contributed by atoms with Crippen molar-refractivity contribution >= 4 is 5.97 Å². The first kappa shape index (κ1) is 30.1. The summed E-state index contributed by atoms with van der Waals surface area (Å²) >= 11 is 0. The summed E-state index contributed by atoms with van der Waals surface area (Å²) in [5.41, 5.74) is 13.7.